The van der Waals surface area contributed by atoms with Crippen molar-refractivity contribution in [3.63, 3.8) is 0 Å². The molecule has 28 heavy (non-hydrogen) atoms. The van der Waals surface area contributed by atoms with E-state index in [4.69, 9.17) is 4.74 Å². The minimum atomic E-state index is -3.30. The smallest absolute Gasteiger partial charge is 0.251 e. The molecule has 1 aliphatic rings. The number of nitrogens with one attached hydrogen (secondary N) is 1. The highest BCUT2D eigenvalue weighted by Crippen LogP contribution is 2.17. The van der Waals surface area contributed by atoms with Gasteiger partial charge in [-0.1, -0.05) is 30.7 Å². The molecule has 0 aromatic heterocycles. The molecule has 2 aromatic carbocycles. The maximum atomic E-state index is 12.5. The Labute approximate surface area is 166 Å². The van der Waals surface area contributed by atoms with E-state index in [2.05, 4.69) is 5.32 Å². The zero-order chi connectivity index (χ0) is 20.0. The lowest BCUT2D eigenvalue weighted by Gasteiger charge is -2.25. The van der Waals surface area contributed by atoms with E-state index in [9.17, 15) is 13.2 Å². The first-order valence-electron chi connectivity index (χ1n) is 9.46. The lowest BCUT2D eigenvalue weighted by atomic mass is 10.1. The van der Waals surface area contributed by atoms with Gasteiger partial charge in [0.2, 0.25) is 10.0 Å². The van der Waals surface area contributed by atoms with Gasteiger partial charge in [-0.25, -0.2) is 12.7 Å². The Morgan fingerprint density at radius 1 is 0.964 bits per heavy atom. The first-order chi connectivity index (χ1) is 13.5. The van der Waals surface area contributed by atoms with Gasteiger partial charge in [0.25, 0.3) is 5.91 Å². The van der Waals surface area contributed by atoms with Gasteiger partial charge >= 0.3 is 0 Å². The molecule has 0 bridgehead atoms. The van der Waals surface area contributed by atoms with Crippen LogP contribution in [-0.4, -0.2) is 38.8 Å². The van der Waals surface area contributed by atoms with E-state index in [-0.39, 0.29) is 11.7 Å². The molecule has 1 heterocycles. The first-order valence-corrected chi connectivity index (χ1v) is 11.1. The van der Waals surface area contributed by atoms with Crippen LogP contribution in [0.5, 0.6) is 5.75 Å². The zero-order valence-electron chi connectivity index (χ0n) is 16.1. The molecular formula is C21H26N2O4S. The molecule has 0 atom stereocenters. The van der Waals surface area contributed by atoms with Crippen LogP contribution in [0.1, 0.15) is 40.7 Å². The molecule has 0 aliphatic carbocycles. The van der Waals surface area contributed by atoms with Crippen LogP contribution in [0, 0.1) is 0 Å². The maximum absolute atomic E-state index is 12.5. The largest absolute Gasteiger partial charge is 0.497 e. The fraction of sp³-hybridized carbons (Fsp3) is 0.381. The molecule has 0 radical (unpaired) electrons. The monoisotopic (exact) mass is 402 g/mol. The van der Waals surface area contributed by atoms with Gasteiger partial charge in [-0.2, -0.15) is 0 Å². The van der Waals surface area contributed by atoms with Crippen molar-refractivity contribution >= 4 is 15.9 Å². The molecule has 1 N–H and O–H groups in total. The van der Waals surface area contributed by atoms with E-state index in [1.54, 1.807) is 35.7 Å². The Bertz CT molecular complexity index is 887. The van der Waals surface area contributed by atoms with Crippen LogP contribution in [0.3, 0.4) is 0 Å². The van der Waals surface area contributed by atoms with Gasteiger partial charge < -0.3 is 10.1 Å². The van der Waals surface area contributed by atoms with Gasteiger partial charge in [0.05, 0.1) is 12.9 Å². The van der Waals surface area contributed by atoms with Gasteiger partial charge in [0, 0.05) is 25.2 Å². The lowest BCUT2D eigenvalue weighted by molar-refractivity contribution is 0.0951. The Balaban J connectivity index is 1.56. The number of ether oxygens (including phenoxy) is 1. The average Bonchev–Trinajstić information content (AvgIpc) is 2.73. The molecule has 0 saturated carbocycles. The number of amides is 1. The predicted molar refractivity (Wildman–Crippen MR) is 109 cm³/mol. The minimum Gasteiger partial charge on any atom is -0.497 e. The summed E-state index contributed by atoms with van der Waals surface area (Å²) in [6, 6.07) is 14.3. The van der Waals surface area contributed by atoms with Crippen molar-refractivity contribution in [3.8, 4) is 5.75 Å². The summed E-state index contributed by atoms with van der Waals surface area (Å²) < 4.78 is 31.7. The Kier molecular flexibility index (Phi) is 6.70. The molecule has 1 aliphatic heterocycles. The molecule has 2 aromatic rings. The van der Waals surface area contributed by atoms with E-state index in [0.717, 1.165) is 30.6 Å². The molecule has 1 amide bonds. The summed E-state index contributed by atoms with van der Waals surface area (Å²) >= 11 is 0. The van der Waals surface area contributed by atoms with Gasteiger partial charge in [0.15, 0.2) is 0 Å². The lowest BCUT2D eigenvalue weighted by Crippen LogP contribution is -2.36. The minimum absolute atomic E-state index is 0.0270. The van der Waals surface area contributed by atoms with E-state index in [0.29, 0.717) is 30.8 Å². The predicted octanol–water partition coefficient (Wildman–Crippen LogP) is 2.94. The third kappa shape index (κ3) is 5.33. The number of piperidine rings is 1. The van der Waals surface area contributed by atoms with Crippen molar-refractivity contribution in [2.75, 3.05) is 20.2 Å². The number of methoxy groups -OCH3 is 1. The summed E-state index contributed by atoms with van der Waals surface area (Å²) in [5.41, 5.74) is 2.17. The van der Waals surface area contributed by atoms with E-state index in [1.807, 2.05) is 24.3 Å². The van der Waals surface area contributed by atoms with Gasteiger partial charge in [-0.15, -0.1) is 0 Å². The highest BCUT2D eigenvalue weighted by Gasteiger charge is 2.24. The third-order valence-corrected chi connectivity index (χ3v) is 6.74. The van der Waals surface area contributed by atoms with E-state index < -0.39 is 10.0 Å². The van der Waals surface area contributed by atoms with Crippen molar-refractivity contribution in [1.29, 1.82) is 0 Å². The zero-order valence-corrected chi connectivity index (χ0v) is 16.9. The molecule has 3 rings (SSSR count). The number of nitrogens with zero attached hydrogens (tertiary/aromatic N) is 1. The van der Waals surface area contributed by atoms with Crippen molar-refractivity contribution in [2.45, 2.75) is 31.6 Å². The second kappa shape index (κ2) is 9.21. The number of benzene rings is 2. The standard InChI is InChI=1S/C21H26N2O4S/c1-27-20-11-7-17(8-12-20)15-22-21(24)19-9-5-18(6-10-19)16-28(25,26)23-13-3-2-4-14-23/h5-12H,2-4,13-16H2,1H3,(H,22,24). The van der Waals surface area contributed by atoms with Crippen molar-refractivity contribution < 1.29 is 17.9 Å². The first kappa shape index (κ1) is 20.4. The molecular weight excluding hydrogens is 376 g/mol. The fourth-order valence-corrected chi connectivity index (χ4v) is 4.84. The van der Waals surface area contributed by atoms with Crippen LogP contribution in [0.15, 0.2) is 48.5 Å². The number of hydrogen-bond acceptors (Lipinski definition) is 4. The summed E-state index contributed by atoms with van der Waals surface area (Å²) in [4.78, 5) is 12.3. The molecule has 7 heteroatoms. The topological polar surface area (TPSA) is 75.7 Å². The van der Waals surface area contributed by atoms with Crippen molar-refractivity contribution in [1.82, 2.24) is 9.62 Å². The Hall–Kier alpha value is -2.38. The molecule has 1 fully saturated rings. The van der Waals surface area contributed by atoms with Crippen LogP contribution in [0.4, 0.5) is 0 Å². The highest BCUT2D eigenvalue weighted by atomic mass is 32.2. The third-order valence-electron chi connectivity index (χ3n) is 4.89. The summed E-state index contributed by atoms with van der Waals surface area (Å²) in [5, 5.41) is 2.87. The SMILES string of the molecule is COc1ccc(CNC(=O)c2ccc(CS(=O)(=O)N3CCCCC3)cc2)cc1. The van der Waals surface area contributed by atoms with Crippen molar-refractivity contribution in [2.24, 2.45) is 0 Å². The summed E-state index contributed by atoms with van der Waals surface area (Å²) in [7, 11) is -1.69. The van der Waals surface area contributed by atoms with Crippen LogP contribution < -0.4 is 10.1 Å². The van der Waals surface area contributed by atoms with E-state index >= 15 is 0 Å². The second-order valence-corrected chi connectivity index (χ2v) is 8.91. The average molecular weight is 403 g/mol. The summed E-state index contributed by atoms with van der Waals surface area (Å²) in [5.74, 6) is 0.548. The van der Waals surface area contributed by atoms with Crippen molar-refractivity contribution in [3.05, 3.63) is 65.2 Å². The number of sulfonamides is 1. The van der Waals surface area contributed by atoms with E-state index in [1.165, 1.54) is 0 Å². The highest BCUT2D eigenvalue weighted by molar-refractivity contribution is 7.88. The van der Waals surface area contributed by atoms with Gasteiger partial charge in [-0.05, 0) is 48.2 Å². The molecule has 0 spiro atoms. The molecule has 0 unspecified atom stereocenters. The maximum Gasteiger partial charge on any atom is 0.251 e. The number of rotatable bonds is 7. The second-order valence-electron chi connectivity index (χ2n) is 6.94. The number of carbonyl (C=O) groups excluding carboxylic acids is 1. The van der Waals surface area contributed by atoms with Crippen LogP contribution in [0.25, 0.3) is 0 Å². The Morgan fingerprint density at radius 3 is 2.18 bits per heavy atom. The van der Waals surface area contributed by atoms with Gasteiger partial charge in [-0.3, -0.25) is 4.79 Å². The summed E-state index contributed by atoms with van der Waals surface area (Å²) in [6.45, 7) is 1.62. The van der Waals surface area contributed by atoms with Crippen LogP contribution in [0.2, 0.25) is 0 Å². The quantitative estimate of drug-likeness (QED) is 0.773. The normalized spacial score (nSPS) is 15.2. The summed E-state index contributed by atoms with van der Waals surface area (Å²) in [6.07, 6.45) is 2.94. The van der Waals surface area contributed by atoms with Gasteiger partial charge in [0.1, 0.15) is 5.75 Å². The molecule has 1 saturated heterocycles. The molecule has 150 valence electrons. The number of hydrogen-bond donors (Lipinski definition) is 1. The number of carbonyl (C=O) groups is 1. The van der Waals surface area contributed by atoms with Crippen LogP contribution in [-0.2, 0) is 22.3 Å². The molecule has 6 nitrogen and oxygen atoms in total. The Morgan fingerprint density at radius 2 is 1.57 bits per heavy atom. The van der Waals surface area contributed by atoms with Crippen LogP contribution >= 0.6 is 0 Å². The fourth-order valence-electron chi connectivity index (χ4n) is 3.23.